The third kappa shape index (κ3) is 2.49. The van der Waals surface area contributed by atoms with Crippen molar-refractivity contribution in [3.05, 3.63) is 64.3 Å². The average molecular weight is 331 g/mol. The van der Waals surface area contributed by atoms with Gasteiger partial charge >= 0.3 is 0 Å². The first-order chi connectivity index (χ1) is 9.65. The van der Waals surface area contributed by atoms with E-state index in [0.717, 1.165) is 26.6 Å². The Balaban J connectivity index is 1.95. The lowest BCUT2D eigenvalue weighted by Gasteiger charge is -2.09. The lowest BCUT2D eigenvalue weighted by Crippen LogP contribution is -2.04. The van der Waals surface area contributed by atoms with Crippen LogP contribution in [0.25, 0.3) is 10.9 Å². The van der Waals surface area contributed by atoms with E-state index in [-0.39, 0.29) is 0 Å². The molecule has 0 radical (unpaired) electrons. The van der Waals surface area contributed by atoms with E-state index in [1.165, 1.54) is 0 Å². The number of hydrogen-bond donors (Lipinski definition) is 1. The van der Waals surface area contributed by atoms with Crippen molar-refractivity contribution in [2.24, 2.45) is 7.05 Å². The number of aryl methyl sites for hydroxylation is 1. The van der Waals surface area contributed by atoms with Gasteiger partial charge in [-0.1, -0.05) is 46.3 Å². The van der Waals surface area contributed by atoms with Crippen LogP contribution in [-0.2, 0) is 13.5 Å². The summed E-state index contributed by atoms with van der Waals surface area (Å²) in [5.41, 5.74) is 2.86. The van der Waals surface area contributed by atoms with Crippen molar-refractivity contribution in [3.8, 4) is 0 Å². The van der Waals surface area contributed by atoms with Gasteiger partial charge in [-0.05, 0) is 23.8 Å². The molecule has 0 amide bonds. The standard InChI is InChI=1S/C16H15BrN2O/c1-19-14-8-3-2-7-13(14)16(18-19)15(20)10-11-5-4-6-12(17)9-11/h2-9,15,20H,10H2,1H3. The fourth-order valence-corrected chi connectivity index (χ4v) is 2.92. The summed E-state index contributed by atoms with van der Waals surface area (Å²) in [7, 11) is 1.90. The molecule has 0 spiro atoms. The molecule has 0 bridgehead atoms. The molecule has 3 nitrogen and oxygen atoms in total. The van der Waals surface area contributed by atoms with Gasteiger partial charge in [-0.3, -0.25) is 4.68 Å². The van der Waals surface area contributed by atoms with E-state index in [1.807, 2.05) is 60.3 Å². The van der Waals surface area contributed by atoms with Crippen LogP contribution in [0.1, 0.15) is 17.4 Å². The van der Waals surface area contributed by atoms with Gasteiger partial charge in [0, 0.05) is 23.3 Å². The van der Waals surface area contributed by atoms with Crippen molar-refractivity contribution >= 4 is 26.8 Å². The Morgan fingerprint density at radius 3 is 2.80 bits per heavy atom. The minimum Gasteiger partial charge on any atom is -0.386 e. The molecule has 1 atom stereocenters. The van der Waals surface area contributed by atoms with Crippen LogP contribution >= 0.6 is 15.9 Å². The van der Waals surface area contributed by atoms with Crippen molar-refractivity contribution < 1.29 is 5.11 Å². The number of aliphatic hydroxyl groups excluding tert-OH is 1. The predicted molar refractivity (Wildman–Crippen MR) is 83.5 cm³/mol. The van der Waals surface area contributed by atoms with Crippen molar-refractivity contribution in [2.75, 3.05) is 0 Å². The molecule has 3 rings (SSSR count). The molecule has 1 aromatic heterocycles. The Kier molecular flexibility index (Phi) is 3.59. The number of aromatic nitrogens is 2. The van der Waals surface area contributed by atoms with E-state index in [1.54, 1.807) is 0 Å². The summed E-state index contributed by atoms with van der Waals surface area (Å²) >= 11 is 3.45. The number of para-hydroxylation sites is 1. The SMILES string of the molecule is Cn1nc(C(O)Cc2cccc(Br)c2)c2ccccc21. The maximum atomic E-state index is 10.5. The summed E-state index contributed by atoms with van der Waals surface area (Å²) in [4.78, 5) is 0. The topological polar surface area (TPSA) is 38.0 Å². The molecule has 0 saturated heterocycles. The van der Waals surface area contributed by atoms with Gasteiger partial charge in [0.1, 0.15) is 6.10 Å². The summed E-state index contributed by atoms with van der Waals surface area (Å²) in [6.45, 7) is 0. The second-order valence-corrected chi connectivity index (χ2v) is 5.79. The van der Waals surface area contributed by atoms with Crippen molar-refractivity contribution in [2.45, 2.75) is 12.5 Å². The zero-order chi connectivity index (χ0) is 14.1. The highest BCUT2D eigenvalue weighted by molar-refractivity contribution is 9.10. The third-order valence-corrected chi connectivity index (χ3v) is 3.91. The van der Waals surface area contributed by atoms with Gasteiger partial charge < -0.3 is 5.11 Å². The Labute approximate surface area is 126 Å². The van der Waals surface area contributed by atoms with E-state index in [4.69, 9.17) is 0 Å². The monoisotopic (exact) mass is 330 g/mol. The summed E-state index contributed by atoms with van der Waals surface area (Å²) in [5, 5.41) is 16.0. The molecule has 0 fully saturated rings. The highest BCUT2D eigenvalue weighted by Crippen LogP contribution is 2.26. The number of halogens is 1. The fourth-order valence-electron chi connectivity index (χ4n) is 2.47. The maximum absolute atomic E-state index is 10.5. The molecule has 1 unspecified atom stereocenters. The second-order valence-electron chi connectivity index (χ2n) is 4.88. The Hall–Kier alpha value is -1.65. The van der Waals surface area contributed by atoms with Crippen LogP contribution in [0, 0.1) is 0 Å². The number of benzene rings is 2. The molecule has 0 aliphatic heterocycles. The zero-order valence-electron chi connectivity index (χ0n) is 11.1. The number of nitrogens with zero attached hydrogens (tertiary/aromatic N) is 2. The Morgan fingerprint density at radius 1 is 1.20 bits per heavy atom. The van der Waals surface area contributed by atoms with Crippen LogP contribution in [-0.4, -0.2) is 14.9 Å². The van der Waals surface area contributed by atoms with E-state index in [2.05, 4.69) is 21.0 Å². The number of aliphatic hydroxyl groups is 1. The summed E-state index contributed by atoms with van der Waals surface area (Å²) in [5.74, 6) is 0. The second kappa shape index (κ2) is 5.38. The predicted octanol–water partition coefficient (Wildman–Crippen LogP) is 3.61. The minimum atomic E-state index is -0.601. The van der Waals surface area contributed by atoms with E-state index in [0.29, 0.717) is 6.42 Å². The molecule has 4 heteroatoms. The van der Waals surface area contributed by atoms with Gasteiger partial charge in [-0.2, -0.15) is 5.10 Å². The van der Waals surface area contributed by atoms with E-state index < -0.39 is 6.10 Å². The summed E-state index contributed by atoms with van der Waals surface area (Å²) in [6.07, 6.45) is -0.0455. The lowest BCUT2D eigenvalue weighted by atomic mass is 10.0. The molecular weight excluding hydrogens is 316 g/mol. The molecule has 0 saturated carbocycles. The molecule has 0 aliphatic rings. The van der Waals surface area contributed by atoms with Crippen LogP contribution in [0.3, 0.4) is 0 Å². The smallest absolute Gasteiger partial charge is 0.102 e. The quantitative estimate of drug-likeness (QED) is 0.796. The summed E-state index contributed by atoms with van der Waals surface area (Å²) < 4.78 is 2.84. The Bertz CT molecular complexity index is 751. The highest BCUT2D eigenvalue weighted by atomic mass is 79.9. The molecule has 3 aromatic rings. The number of rotatable bonds is 3. The molecular formula is C16H15BrN2O. The fraction of sp³-hybridized carbons (Fsp3) is 0.188. The number of fused-ring (bicyclic) bond motifs is 1. The molecule has 0 aliphatic carbocycles. The molecule has 1 heterocycles. The van der Waals surface area contributed by atoms with Gasteiger partial charge in [0.2, 0.25) is 0 Å². The van der Waals surface area contributed by atoms with Gasteiger partial charge in [0.15, 0.2) is 0 Å². The maximum Gasteiger partial charge on any atom is 0.102 e. The van der Waals surface area contributed by atoms with Crippen molar-refractivity contribution in [1.29, 1.82) is 0 Å². The first-order valence-electron chi connectivity index (χ1n) is 6.49. The van der Waals surface area contributed by atoms with Crippen LogP contribution in [0.4, 0.5) is 0 Å². The molecule has 1 N–H and O–H groups in total. The van der Waals surface area contributed by atoms with Crippen molar-refractivity contribution in [1.82, 2.24) is 9.78 Å². The summed E-state index contributed by atoms with van der Waals surface area (Å²) in [6, 6.07) is 16.0. The Morgan fingerprint density at radius 2 is 2.00 bits per heavy atom. The van der Waals surface area contributed by atoms with Gasteiger partial charge in [-0.15, -0.1) is 0 Å². The molecule has 20 heavy (non-hydrogen) atoms. The van der Waals surface area contributed by atoms with Gasteiger partial charge in [0.25, 0.3) is 0 Å². The van der Waals surface area contributed by atoms with Crippen LogP contribution in [0.15, 0.2) is 53.0 Å². The normalized spacial score (nSPS) is 12.8. The molecule has 2 aromatic carbocycles. The zero-order valence-corrected chi connectivity index (χ0v) is 12.7. The first-order valence-corrected chi connectivity index (χ1v) is 7.28. The van der Waals surface area contributed by atoms with Crippen LogP contribution < -0.4 is 0 Å². The van der Waals surface area contributed by atoms with Gasteiger partial charge in [0.05, 0.1) is 11.2 Å². The van der Waals surface area contributed by atoms with E-state index in [9.17, 15) is 5.11 Å². The highest BCUT2D eigenvalue weighted by Gasteiger charge is 2.16. The minimum absolute atomic E-state index is 0.556. The van der Waals surface area contributed by atoms with Gasteiger partial charge in [-0.25, -0.2) is 0 Å². The number of hydrogen-bond acceptors (Lipinski definition) is 2. The third-order valence-electron chi connectivity index (χ3n) is 3.42. The average Bonchev–Trinajstić information content (AvgIpc) is 2.77. The van der Waals surface area contributed by atoms with E-state index >= 15 is 0 Å². The van der Waals surface area contributed by atoms with Crippen molar-refractivity contribution in [3.63, 3.8) is 0 Å². The van der Waals surface area contributed by atoms with Crippen LogP contribution in [0.5, 0.6) is 0 Å². The largest absolute Gasteiger partial charge is 0.386 e. The van der Waals surface area contributed by atoms with Crippen LogP contribution in [0.2, 0.25) is 0 Å². The molecule has 102 valence electrons. The first kappa shape index (κ1) is 13.3. The lowest BCUT2D eigenvalue weighted by molar-refractivity contribution is 0.174.